The van der Waals surface area contributed by atoms with Crippen LogP contribution in [0.3, 0.4) is 0 Å². The molecular weight excluding hydrogens is 582 g/mol. The third kappa shape index (κ3) is 2.44. The normalized spacial score (nSPS) is 14.0. The Morgan fingerprint density at radius 2 is 1.52 bits per heavy atom. The molecule has 6 rings (SSSR count). The van der Waals surface area contributed by atoms with Gasteiger partial charge in [-0.1, -0.05) is 0 Å². The van der Waals surface area contributed by atoms with Crippen LogP contribution >= 0.6 is 0 Å². The van der Waals surface area contributed by atoms with Crippen LogP contribution in [0.1, 0.15) is 25.2 Å². The number of rotatable bonds is 1. The number of benzene rings is 2. The molecule has 0 amide bonds. The van der Waals surface area contributed by atoms with Gasteiger partial charge in [0.05, 0.1) is 0 Å². The molecule has 3 aromatic heterocycles. The molecule has 3 heterocycles. The summed E-state index contributed by atoms with van der Waals surface area (Å²) < 4.78 is 7.48. The molecule has 0 unspecified atom stereocenters. The van der Waals surface area contributed by atoms with Gasteiger partial charge < -0.3 is 0 Å². The van der Waals surface area contributed by atoms with Crippen molar-refractivity contribution < 1.29 is 9.59 Å². The van der Waals surface area contributed by atoms with Gasteiger partial charge in [0.1, 0.15) is 0 Å². The Balaban J connectivity index is 1.50. The van der Waals surface area contributed by atoms with Crippen molar-refractivity contribution in [2.45, 2.75) is 0 Å². The number of Topliss-reactive ketones (excluding diaryl/α,β-unsaturated/α-hetero) is 2. The quantitative estimate of drug-likeness (QED) is 0.169. The molecule has 2 nitrogen and oxygen atoms in total. The van der Waals surface area contributed by atoms with Gasteiger partial charge in [0.15, 0.2) is 0 Å². The van der Waals surface area contributed by atoms with Crippen LogP contribution in [0.2, 0.25) is 0 Å². The second kappa shape index (κ2) is 6.03. The summed E-state index contributed by atoms with van der Waals surface area (Å²) in [7, 11) is 0. The molecule has 27 heavy (non-hydrogen) atoms. The molecule has 0 fully saturated rings. The second-order valence-corrected chi connectivity index (χ2v) is 13.8. The molecule has 0 radical (unpaired) electrons. The molecule has 128 valence electrons. The van der Waals surface area contributed by atoms with Crippen LogP contribution in [-0.2, 0) is 0 Å². The van der Waals surface area contributed by atoms with Crippen molar-refractivity contribution in [2.75, 3.05) is 0 Å². The van der Waals surface area contributed by atoms with E-state index in [1.165, 1.54) is 7.84 Å². The van der Waals surface area contributed by atoms with Crippen LogP contribution < -0.4 is 0 Å². The topological polar surface area (TPSA) is 34.1 Å². The summed E-state index contributed by atoms with van der Waals surface area (Å²) in [6, 6.07) is 16.2. The fourth-order valence-corrected chi connectivity index (χ4v) is 15.4. The Hall–Kier alpha value is -1.43. The number of ketones is 2. The molecule has 5 aromatic rings. The zero-order chi connectivity index (χ0) is 18.1. The monoisotopic (exact) mass is 596 g/mol. The van der Waals surface area contributed by atoms with Gasteiger partial charge in [0, 0.05) is 0 Å². The summed E-state index contributed by atoms with van der Waals surface area (Å²) in [5, 5.41) is 2.01. The van der Waals surface area contributed by atoms with Crippen LogP contribution in [0.4, 0.5) is 0 Å². The van der Waals surface area contributed by atoms with Crippen LogP contribution in [-0.4, -0.2) is 61.0 Å². The van der Waals surface area contributed by atoms with Crippen molar-refractivity contribution in [1.82, 2.24) is 0 Å². The van der Waals surface area contributed by atoms with Crippen molar-refractivity contribution >= 4 is 93.2 Å². The van der Waals surface area contributed by atoms with E-state index in [9.17, 15) is 9.59 Å². The van der Waals surface area contributed by atoms with Gasteiger partial charge in [-0.05, 0) is 0 Å². The van der Waals surface area contributed by atoms with Crippen molar-refractivity contribution in [3.8, 4) is 0 Å². The van der Waals surface area contributed by atoms with Crippen molar-refractivity contribution in [3.63, 3.8) is 0 Å². The molecule has 0 aliphatic heterocycles. The maximum atomic E-state index is 12.9. The number of carbonyl (C=O) groups is 2. The number of allylic oxidation sites excluding steroid dienone is 1. The summed E-state index contributed by atoms with van der Waals surface area (Å²) in [5.41, 5.74) is 1.46. The Morgan fingerprint density at radius 1 is 0.815 bits per heavy atom. The van der Waals surface area contributed by atoms with Crippen LogP contribution in [0.25, 0.3) is 32.2 Å². The Bertz CT molecular complexity index is 1410. The Morgan fingerprint density at radius 3 is 2.22 bits per heavy atom. The first kappa shape index (κ1) is 16.5. The van der Waals surface area contributed by atoms with Crippen LogP contribution in [0, 0.1) is 0 Å². The van der Waals surface area contributed by atoms with E-state index in [2.05, 4.69) is 17.1 Å². The van der Waals surface area contributed by atoms with Crippen LogP contribution in [0.15, 0.2) is 59.0 Å². The molecule has 0 atom stereocenters. The molecule has 0 saturated carbocycles. The summed E-state index contributed by atoms with van der Waals surface area (Å²) in [4.78, 5) is 28.2. The number of fused-ring (bicyclic) bond motifs is 5. The molecule has 2 aromatic carbocycles. The standard InChI is InChI=1S/C22H10O2Se2Te/c23-19-14-7-11-3-1-2-4-12(11)8-15(14)20(24)16(19)9-13-10-18-22(26-13)21-17(27-18)5-6-25-21/h1-10H. The predicted molar refractivity (Wildman–Crippen MR) is 113 cm³/mol. The Kier molecular flexibility index (Phi) is 3.69. The zero-order valence-corrected chi connectivity index (χ0v) is 19.6. The van der Waals surface area contributed by atoms with Gasteiger partial charge in [0.25, 0.3) is 0 Å². The molecule has 0 spiro atoms. The SMILES string of the molecule is O=C1C(=Cc2cc3[te]c4cc[se]c4c3[se]2)C(=O)c2cc3ccccc3cc21. The van der Waals surface area contributed by atoms with E-state index in [1.807, 2.05) is 42.5 Å². The predicted octanol–water partition coefficient (Wildman–Crippen LogP) is 3.78. The first-order chi connectivity index (χ1) is 13.2. The number of carbonyl (C=O) groups excluding carboxylic acids is 2. The molecule has 0 saturated heterocycles. The molecular formula is C22H10O2Se2Te. The Labute approximate surface area is 176 Å². The fourth-order valence-electron chi connectivity index (χ4n) is 3.64. The van der Waals surface area contributed by atoms with Crippen LogP contribution in [0.5, 0.6) is 0 Å². The summed E-state index contributed by atoms with van der Waals surface area (Å²) >= 11 is 0.474. The van der Waals surface area contributed by atoms with Gasteiger partial charge in [-0.3, -0.25) is 0 Å². The number of hydrogen-bond donors (Lipinski definition) is 0. The molecule has 0 N–H and O–H groups in total. The van der Waals surface area contributed by atoms with E-state index in [4.69, 9.17) is 0 Å². The zero-order valence-electron chi connectivity index (χ0n) is 13.8. The second-order valence-electron chi connectivity index (χ2n) is 6.52. The van der Waals surface area contributed by atoms with Gasteiger partial charge in [-0.15, -0.1) is 0 Å². The average molecular weight is 592 g/mol. The van der Waals surface area contributed by atoms with E-state index in [1.54, 1.807) is 11.9 Å². The molecule has 5 heteroatoms. The molecule has 1 aliphatic rings. The maximum absolute atomic E-state index is 12.9. The first-order valence-corrected chi connectivity index (χ1v) is 14.3. The van der Waals surface area contributed by atoms with Crippen molar-refractivity contribution in [3.05, 3.63) is 74.6 Å². The third-order valence-corrected chi connectivity index (χ3v) is 14.8. The van der Waals surface area contributed by atoms with Gasteiger partial charge in [0.2, 0.25) is 0 Å². The van der Waals surface area contributed by atoms with E-state index >= 15 is 0 Å². The van der Waals surface area contributed by atoms with E-state index < -0.39 is 0 Å². The van der Waals surface area contributed by atoms with E-state index in [-0.39, 0.29) is 46.5 Å². The van der Waals surface area contributed by atoms with Gasteiger partial charge in [-0.25, -0.2) is 0 Å². The average Bonchev–Trinajstić information content (AvgIpc) is 3.39. The van der Waals surface area contributed by atoms with E-state index in [0.29, 0.717) is 31.2 Å². The summed E-state index contributed by atoms with van der Waals surface area (Å²) in [6.07, 6.45) is 1.89. The summed E-state index contributed by atoms with van der Waals surface area (Å²) in [5.74, 6) is -0.236. The van der Waals surface area contributed by atoms with Crippen molar-refractivity contribution in [1.29, 1.82) is 0 Å². The minimum absolute atomic E-state index is 0.118. The van der Waals surface area contributed by atoms with Gasteiger partial charge in [-0.2, -0.15) is 0 Å². The summed E-state index contributed by atoms with van der Waals surface area (Å²) in [6.45, 7) is 0. The van der Waals surface area contributed by atoms with E-state index in [0.717, 1.165) is 10.8 Å². The number of hydrogen-bond acceptors (Lipinski definition) is 2. The minimum atomic E-state index is -0.250. The first-order valence-electron chi connectivity index (χ1n) is 8.42. The molecule has 1 aliphatic carbocycles. The molecule has 0 bridgehead atoms. The van der Waals surface area contributed by atoms with Crippen molar-refractivity contribution in [2.24, 2.45) is 0 Å². The van der Waals surface area contributed by atoms with Gasteiger partial charge >= 0.3 is 177 Å². The fraction of sp³-hybridized carbons (Fsp3) is 0. The third-order valence-electron chi connectivity index (χ3n) is 4.92.